The van der Waals surface area contributed by atoms with Gasteiger partial charge in [0.05, 0.1) is 16.3 Å². The molecule has 8 nitrogen and oxygen atoms in total. The van der Waals surface area contributed by atoms with Crippen molar-refractivity contribution in [3.8, 4) is 5.69 Å². The summed E-state index contributed by atoms with van der Waals surface area (Å²) in [5.41, 5.74) is 3.37. The monoisotopic (exact) mass is 492 g/mol. The van der Waals surface area contributed by atoms with E-state index in [1.54, 1.807) is 12.1 Å². The van der Waals surface area contributed by atoms with Crippen LogP contribution in [0.2, 0.25) is 0 Å². The second-order valence-electron chi connectivity index (χ2n) is 9.13. The summed E-state index contributed by atoms with van der Waals surface area (Å²) in [4.78, 5) is 25.0. The highest BCUT2D eigenvalue weighted by Gasteiger charge is 2.33. The van der Waals surface area contributed by atoms with Crippen LogP contribution in [0.5, 0.6) is 0 Å². The van der Waals surface area contributed by atoms with Gasteiger partial charge in [-0.15, -0.1) is 0 Å². The third-order valence-electron chi connectivity index (χ3n) is 6.85. The Morgan fingerprint density at radius 3 is 2.46 bits per heavy atom. The SMILES string of the molecule is CC(=O)c1cccc(S(=O)(=O)N2CCC(C(=O)Nc3c4c(nn3-c3ccccc3)CCC4)CC2)c1. The summed E-state index contributed by atoms with van der Waals surface area (Å²) in [7, 11) is -3.73. The first-order valence-electron chi connectivity index (χ1n) is 11.9. The van der Waals surface area contributed by atoms with E-state index >= 15 is 0 Å². The van der Waals surface area contributed by atoms with E-state index < -0.39 is 10.0 Å². The summed E-state index contributed by atoms with van der Waals surface area (Å²) >= 11 is 0. The van der Waals surface area contributed by atoms with Crippen LogP contribution in [0.15, 0.2) is 59.5 Å². The quantitative estimate of drug-likeness (QED) is 0.530. The van der Waals surface area contributed by atoms with Gasteiger partial charge in [0.25, 0.3) is 0 Å². The van der Waals surface area contributed by atoms with Gasteiger partial charge in [0, 0.05) is 30.1 Å². The first kappa shape index (κ1) is 23.4. The fraction of sp³-hybridized carbons (Fsp3) is 0.346. The van der Waals surface area contributed by atoms with E-state index in [4.69, 9.17) is 5.10 Å². The lowest BCUT2D eigenvalue weighted by Crippen LogP contribution is -2.41. The second-order valence-corrected chi connectivity index (χ2v) is 11.1. The molecule has 0 spiro atoms. The van der Waals surface area contributed by atoms with Crippen molar-refractivity contribution >= 4 is 27.5 Å². The van der Waals surface area contributed by atoms with E-state index in [-0.39, 0.29) is 35.6 Å². The Hall–Kier alpha value is -3.30. The van der Waals surface area contributed by atoms with Crippen molar-refractivity contribution in [2.75, 3.05) is 18.4 Å². The van der Waals surface area contributed by atoms with Gasteiger partial charge in [0.15, 0.2) is 5.78 Å². The molecule has 0 atom stereocenters. The lowest BCUT2D eigenvalue weighted by Gasteiger charge is -2.30. The predicted octanol–water partition coefficient (Wildman–Crippen LogP) is 3.60. The van der Waals surface area contributed by atoms with Crippen LogP contribution in [0, 0.1) is 5.92 Å². The zero-order chi connectivity index (χ0) is 24.6. The topological polar surface area (TPSA) is 101 Å². The lowest BCUT2D eigenvalue weighted by atomic mass is 9.97. The maximum absolute atomic E-state index is 13.2. The van der Waals surface area contributed by atoms with Crippen LogP contribution in [0.4, 0.5) is 5.82 Å². The lowest BCUT2D eigenvalue weighted by molar-refractivity contribution is -0.121. The largest absolute Gasteiger partial charge is 0.310 e. The molecular weight excluding hydrogens is 464 g/mol. The summed E-state index contributed by atoms with van der Waals surface area (Å²) in [6, 6.07) is 15.9. The molecular formula is C26H28N4O4S. The van der Waals surface area contributed by atoms with E-state index in [1.807, 2.05) is 35.0 Å². The van der Waals surface area contributed by atoms with Crippen molar-refractivity contribution in [3.63, 3.8) is 0 Å². The molecule has 0 bridgehead atoms. The molecule has 1 saturated heterocycles. The van der Waals surface area contributed by atoms with Crippen LogP contribution in [-0.4, -0.2) is 47.3 Å². The molecule has 1 N–H and O–H groups in total. The number of aromatic nitrogens is 2. The van der Waals surface area contributed by atoms with E-state index in [0.717, 1.165) is 42.0 Å². The summed E-state index contributed by atoms with van der Waals surface area (Å²) in [5, 5.41) is 7.87. The molecule has 3 aromatic rings. The summed E-state index contributed by atoms with van der Waals surface area (Å²) in [6.07, 6.45) is 3.67. The van der Waals surface area contributed by atoms with Crippen molar-refractivity contribution in [1.29, 1.82) is 0 Å². The highest BCUT2D eigenvalue weighted by molar-refractivity contribution is 7.89. The van der Waals surface area contributed by atoms with Gasteiger partial charge in [-0.1, -0.05) is 30.3 Å². The smallest absolute Gasteiger partial charge is 0.243 e. The molecule has 9 heteroatoms. The third kappa shape index (κ3) is 4.53. The summed E-state index contributed by atoms with van der Waals surface area (Å²) in [5.74, 6) is 0.150. The first-order chi connectivity index (χ1) is 16.8. The number of nitrogens with zero attached hydrogens (tertiary/aromatic N) is 3. The molecule has 0 saturated carbocycles. The Bertz CT molecular complexity index is 1370. The molecule has 0 radical (unpaired) electrons. The Kier molecular flexibility index (Phi) is 6.29. The Balaban J connectivity index is 1.29. The number of benzene rings is 2. The molecule has 182 valence electrons. The Labute approximate surface area is 205 Å². The molecule has 2 heterocycles. The molecule has 1 amide bonds. The summed E-state index contributed by atoms with van der Waals surface area (Å²) in [6.45, 7) is 1.91. The molecule has 0 unspecified atom stereocenters. The maximum atomic E-state index is 13.2. The van der Waals surface area contributed by atoms with E-state index in [1.165, 1.54) is 23.4 Å². The van der Waals surface area contributed by atoms with E-state index in [0.29, 0.717) is 18.4 Å². The highest BCUT2D eigenvalue weighted by Crippen LogP contribution is 2.32. The van der Waals surface area contributed by atoms with Crippen LogP contribution in [-0.2, 0) is 27.7 Å². The van der Waals surface area contributed by atoms with Crippen LogP contribution < -0.4 is 5.32 Å². The van der Waals surface area contributed by atoms with Gasteiger partial charge in [-0.25, -0.2) is 13.1 Å². The van der Waals surface area contributed by atoms with Gasteiger partial charge < -0.3 is 5.32 Å². The molecule has 1 aromatic heterocycles. The predicted molar refractivity (Wildman–Crippen MR) is 132 cm³/mol. The number of nitrogens with one attached hydrogen (secondary N) is 1. The van der Waals surface area contributed by atoms with Gasteiger partial charge >= 0.3 is 0 Å². The van der Waals surface area contributed by atoms with E-state index in [9.17, 15) is 18.0 Å². The summed E-state index contributed by atoms with van der Waals surface area (Å²) < 4.78 is 29.5. The normalized spacial score (nSPS) is 16.7. The molecule has 1 fully saturated rings. The fourth-order valence-electron chi connectivity index (χ4n) is 4.88. The number of Topliss-reactive ketones (excluding diaryl/α,β-unsaturated/α-hetero) is 1. The number of piperidine rings is 1. The fourth-order valence-corrected chi connectivity index (χ4v) is 6.39. The number of anilines is 1. The van der Waals surface area contributed by atoms with Gasteiger partial charge in [-0.2, -0.15) is 9.40 Å². The number of rotatable bonds is 6. The first-order valence-corrected chi connectivity index (χ1v) is 13.4. The average Bonchev–Trinajstić information content (AvgIpc) is 3.47. The Morgan fingerprint density at radius 1 is 1.00 bits per heavy atom. The number of carbonyl (C=O) groups excluding carboxylic acids is 2. The molecule has 1 aliphatic carbocycles. The van der Waals surface area contributed by atoms with Gasteiger partial charge in [0.2, 0.25) is 15.9 Å². The minimum atomic E-state index is -3.73. The van der Waals surface area contributed by atoms with Crippen molar-refractivity contribution in [2.24, 2.45) is 5.92 Å². The number of carbonyl (C=O) groups is 2. The van der Waals surface area contributed by atoms with Gasteiger partial charge in [0.1, 0.15) is 5.82 Å². The number of ketones is 1. The number of amides is 1. The Morgan fingerprint density at radius 2 is 1.74 bits per heavy atom. The molecule has 2 aliphatic rings. The van der Waals surface area contributed by atoms with Crippen LogP contribution in [0.3, 0.4) is 0 Å². The van der Waals surface area contributed by atoms with E-state index in [2.05, 4.69) is 5.32 Å². The van der Waals surface area contributed by atoms with Crippen LogP contribution in [0.25, 0.3) is 5.69 Å². The molecule has 5 rings (SSSR count). The number of aryl methyl sites for hydroxylation is 1. The number of hydrogen-bond acceptors (Lipinski definition) is 5. The van der Waals surface area contributed by atoms with Gasteiger partial charge in [-0.05, 0) is 63.3 Å². The average molecular weight is 493 g/mol. The number of sulfonamides is 1. The minimum absolute atomic E-state index is 0.104. The third-order valence-corrected chi connectivity index (χ3v) is 8.75. The number of fused-ring (bicyclic) bond motifs is 1. The van der Waals surface area contributed by atoms with Crippen LogP contribution in [0.1, 0.15) is 47.8 Å². The molecule has 1 aliphatic heterocycles. The van der Waals surface area contributed by atoms with Crippen molar-refractivity contribution in [3.05, 3.63) is 71.4 Å². The maximum Gasteiger partial charge on any atom is 0.243 e. The molecule has 35 heavy (non-hydrogen) atoms. The second kappa shape index (κ2) is 9.39. The molecule has 2 aromatic carbocycles. The van der Waals surface area contributed by atoms with Crippen LogP contribution >= 0.6 is 0 Å². The number of para-hydroxylation sites is 1. The zero-order valence-corrected chi connectivity index (χ0v) is 20.4. The van der Waals surface area contributed by atoms with Gasteiger partial charge in [-0.3, -0.25) is 9.59 Å². The van der Waals surface area contributed by atoms with Crippen molar-refractivity contribution in [1.82, 2.24) is 14.1 Å². The standard InChI is InChI=1S/C26H28N4O4S/c1-18(31)20-7-5-10-22(17-20)35(33,34)29-15-13-19(14-16-29)26(32)27-25-23-11-6-12-24(23)28-30(25)21-8-3-2-4-9-21/h2-5,7-10,17,19H,6,11-16H2,1H3,(H,27,32). The number of hydrogen-bond donors (Lipinski definition) is 1. The highest BCUT2D eigenvalue weighted by atomic mass is 32.2. The zero-order valence-electron chi connectivity index (χ0n) is 19.6. The van der Waals surface area contributed by atoms with Crippen molar-refractivity contribution in [2.45, 2.75) is 43.9 Å². The minimum Gasteiger partial charge on any atom is -0.310 e. The van der Waals surface area contributed by atoms with Crippen molar-refractivity contribution < 1.29 is 18.0 Å².